The number of rotatable bonds is 5. The predicted molar refractivity (Wildman–Crippen MR) is 69.6 cm³/mol. The highest BCUT2D eigenvalue weighted by atomic mass is 16.5. The molecule has 0 aromatic heterocycles. The van der Waals surface area contributed by atoms with E-state index in [1.807, 2.05) is 19.1 Å². The van der Waals surface area contributed by atoms with E-state index in [1.165, 1.54) is 12.0 Å². The fourth-order valence-corrected chi connectivity index (χ4v) is 2.49. The maximum Gasteiger partial charge on any atom is 0.119 e. The first kappa shape index (κ1) is 12.4. The highest BCUT2D eigenvalue weighted by Crippen LogP contribution is 2.57. The minimum absolute atomic E-state index is 0.227. The standard InChI is InChI=1S/C14H22N2O/c1-4-17-11-7-5-6-10(8-11)13(16-15)12-9-14(12,2)3/h5-8,12-13,16H,4,9,15H2,1-3H3. The summed E-state index contributed by atoms with van der Waals surface area (Å²) < 4.78 is 5.52. The van der Waals surface area contributed by atoms with Crippen LogP contribution in [0.2, 0.25) is 0 Å². The summed E-state index contributed by atoms with van der Waals surface area (Å²) in [5, 5.41) is 0. The van der Waals surface area contributed by atoms with Gasteiger partial charge in [-0.15, -0.1) is 0 Å². The Balaban J connectivity index is 2.17. The van der Waals surface area contributed by atoms with Gasteiger partial charge in [0.05, 0.1) is 6.61 Å². The molecule has 0 spiro atoms. The molecule has 0 bridgehead atoms. The maximum atomic E-state index is 5.70. The number of nitrogens with one attached hydrogen (secondary N) is 1. The summed E-state index contributed by atoms with van der Waals surface area (Å²) >= 11 is 0. The number of hydrogen-bond donors (Lipinski definition) is 2. The van der Waals surface area contributed by atoms with Gasteiger partial charge in [-0.25, -0.2) is 0 Å². The van der Waals surface area contributed by atoms with Crippen LogP contribution >= 0.6 is 0 Å². The normalized spacial score (nSPS) is 23.2. The molecule has 0 amide bonds. The summed E-state index contributed by atoms with van der Waals surface area (Å²) in [5.41, 5.74) is 4.57. The van der Waals surface area contributed by atoms with Crippen LogP contribution in [0.5, 0.6) is 5.75 Å². The third kappa shape index (κ3) is 2.61. The number of hydrazine groups is 1. The lowest BCUT2D eigenvalue weighted by atomic mass is 9.97. The Morgan fingerprint density at radius 2 is 2.24 bits per heavy atom. The molecule has 0 radical (unpaired) electrons. The number of ether oxygens (including phenoxy) is 1. The van der Waals surface area contributed by atoms with E-state index in [4.69, 9.17) is 10.6 Å². The Labute approximate surface area is 103 Å². The Kier molecular flexibility index (Phi) is 3.40. The number of hydrogen-bond acceptors (Lipinski definition) is 3. The highest BCUT2D eigenvalue weighted by Gasteiger charge is 2.50. The third-order valence-electron chi connectivity index (χ3n) is 3.70. The van der Waals surface area contributed by atoms with E-state index < -0.39 is 0 Å². The molecule has 3 heteroatoms. The Morgan fingerprint density at radius 1 is 1.53 bits per heavy atom. The summed E-state index contributed by atoms with van der Waals surface area (Å²) in [6.07, 6.45) is 1.22. The van der Waals surface area contributed by atoms with Crippen LogP contribution in [0.25, 0.3) is 0 Å². The van der Waals surface area contributed by atoms with Gasteiger partial charge in [0.1, 0.15) is 5.75 Å². The first-order valence-corrected chi connectivity index (χ1v) is 6.27. The van der Waals surface area contributed by atoms with E-state index in [9.17, 15) is 0 Å². The van der Waals surface area contributed by atoms with Crippen molar-refractivity contribution in [1.82, 2.24) is 5.43 Å². The molecule has 3 N–H and O–H groups in total. The van der Waals surface area contributed by atoms with Gasteiger partial charge in [-0.1, -0.05) is 26.0 Å². The molecule has 2 unspecified atom stereocenters. The van der Waals surface area contributed by atoms with Crippen molar-refractivity contribution in [2.75, 3.05) is 6.61 Å². The second-order valence-electron chi connectivity index (χ2n) is 5.45. The lowest BCUT2D eigenvalue weighted by Crippen LogP contribution is -2.30. The molecule has 1 aromatic rings. The zero-order valence-corrected chi connectivity index (χ0v) is 10.9. The monoisotopic (exact) mass is 234 g/mol. The molecule has 1 aliphatic carbocycles. The number of benzene rings is 1. The van der Waals surface area contributed by atoms with Gasteiger partial charge in [-0.2, -0.15) is 0 Å². The third-order valence-corrected chi connectivity index (χ3v) is 3.70. The van der Waals surface area contributed by atoms with Crippen molar-refractivity contribution in [2.45, 2.75) is 33.2 Å². The molecule has 0 heterocycles. The van der Waals surface area contributed by atoms with Crippen molar-refractivity contribution >= 4 is 0 Å². The highest BCUT2D eigenvalue weighted by molar-refractivity contribution is 5.32. The van der Waals surface area contributed by atoms with E-state index in [-0.39, 0.29) is 6.04 Å². The lowest BCUT2D eigenvalue weighted by Gasteiger charge is -2.19. The van der Waals surface area contributed by atoms with Crippen molar-refractivity contribution < 1.29 is 4.74 Å². The summed E-state index contributed by atoms with van der Waals surface area (Å²) in [7, 11) is 0. The summed E-state index contributed by atoms with van der Waals surface area (Å²) in [6, 6.07) is 8.44. The Hall–Kier alpha value is -1.06. The molecule has 3 nitrogen and oxygen atoms in total. The van der Waals surface area contributed by atoms with Crippen molar-refractivity contribution in [3.05, 3.63) is 29.8 Å². The van der Waals surface area contributed by atoms with Gasteiger partial charge in [0.2, 0.25) is 0 Å². The molecule has 1 aromatic carbocycles. The molecule has 1 aliphatic rings. The molecular formula is C14H22N2O. The van der Waals surface area contributed by atoms with Crippen LogP contribution in [0, 0.1) is 11.3 Å². The fourth-order valence-electron chi connectivity index (χ4n) is 2.49. The number of nitrogens with two attached hydrogens (primary N) is 1. The summed E-state index contributed by atoms with van der Waals surface area (Å²) in [4.78, 5) is 0. The van der Waals surface area contributed by atoms with E-state index in [2.05, 4.69) is 31.4 Å². The van der Waals surface area contributed by atoms with Gasteiger partial charge in [0, 0.05) is 6.04 Å². The first-order valence-electron chi connectivity index (χ1n) is 6.27. The molecule has 17 heavy (non-hydrogen) atoms. The van der Waals surface area contributed by atoms with Gasteiger partial charge in [-0.3, -0.25) is 11.3 Å². The molecule has 1 saturated carbocycles. The van der Waals surface area contributed by atoms with Crippen molar-refractivity contribution in [2.24, 2.45) is 17.2 Å². The first-order chi connectivity index (χ1) is 8.08. The summed E-state index contributed by atoms with van der Waals surface area (Å²) in [6.45, 7) is 7.26. The topological polar surface area (TPSA) is 47.3 Å². The van der Waals surface area contributed by atoms with Gasteiger partial charge >= 0.3 is 0 Å². The van der Waals surface area contributed by atoms with E-state index in [1.54, 1.807) is 0 Å². The zero-order valence-electron chi connectivity index (χ0n) is 10.9. The molecule has 94 valence electrons. The van der Waals surface area contributed by atoms with Crippen molar-refractivity contribution in [3.8, 4) is 5.75 Å². The lowest BCUT2D eigenvalue weighted by molar-refractivity contribution is 0.338. The van der Waals surface area contributed by atoms with Gasteiger partial charge in [0.15, 0.2) is 0 Å². The smallest absolute Gasteiger partial charge is 0.119 e. The maximum absolute atomic E-state index is 5.70. The van der Waals surface area contributed by atoms with Crippen LogP contribution in [0.15, 0.2) is 24.3 Å². The largest absolute Gasteiger partial charge is 0.494 e. The zero-order chi connectivity index (χ0) is 12.5. The second-order valence-corrected chi connectivity index (χ2v) is 5.45. The average molecular weight is 234 g/mol. The van der Waals surface area contributed by atoms with Gasteiger partial charge in [-0.05, 0) is 42.4 Å². The quantitative estimate of drug-likeness (QED) is 0.608. The van der Waals surface area contributed by atoms with Crippen LogP contribution in [-0.4, -0.2) is 6.61 Å². The van der Waals surface area contributed by atoms with E-state index >= 15 is 0 Å². The minimum Gasteiger partial charge on any atom is -0.494 e. The minimum atomic E-state index is 0.227. The van der Waals surface area contributed by atoms with Gasteiger partial charge < -0.3 is 4.74 Å². The van der Waals surface area contributed by atoms with Crippen LogP contribution in [0.1, 0.15) is 38.8 Å². The summed E-state index contributed by atoms with van der Waals surface area (Å²) in [5.74, 6) is 7.24. The van der Waals surface area contributed by atoms with Crippen molar-refractivity contribution in [3.63, 3.8) is 0 Å². The van der Waals surface area contributed by atoms with Crippen LogP contribution in [-0.2, 0) is 0 Å². The fraction of sp³-hybridized carbons (Fsp3) is 0.571. The Bertz CT molecular complexity index is 390. The Morgan fingerprint density at radius 3 is 2.76 bits per heavy atom. The molecule has 0 saturated heterocycles. The average Bonchev–Trinajstić information content (AvgIpc) is 2.90. The molecule has 2 rings (SSSR count). The van der Waals surface area contributed by atoms with Crippen LogP contribution < -0.4 is 16.0 Å². The van der Waals surface area contributed by atoms with Crippen LogP contribution in [0.4, 0.5) is 0 Å². The van der Waals surface area contributed by atoms with E-state index in [0.29, 0.717) is 17.9 Å². The second kappa shape index (κ2) is 4.67. The molecule has 0 aliphatic heterocycles. The SMILES string of the molecule is CCOc1cccc(C(NN)C2CC2(C)C)c1. The van der Waals surface area contributed by atoms with Crippen molar-refractivity contribution in [1.29, 1.82) is 0 Å². The van der Waals surface area contributed by atoms with Gasteiger partial charge in [0.25, 0.3) is 0 Å². The van der Waals surface area contributed by atoms with Crippen LogP contribution in [0.3, 0.4) is 0 Å². The molecule has 1 fully saturated rings. The molecular weight excluding hydrogens is 212 g/mol. The molecule has 2 atom stereocenters. The van der Waals surface area contributed by atoms with E-state index in [0.717, 1.165) is 5.75 Å². The predicted octanol–water partition coefficient (Wildman–Crippen LogP) is 2.64.